The van der Waals surface area contributed by atoms with E-state index in [1.165, 1.54) is 14.0 Å². The SMILES string of the molecule is CO[C@H]1OC2COC([C@H]2O[C@@H]2OC(CO)[C@H](OS(=O)(=O)O)[C@H](C)C2O)[C@@H]1O. The first-order valence-electron chi connectivity index (χ1n) is 8.39. The van der Waals surface area contributed by atoms with Crippen LogP contribution in [0.15, 0.2) is 0 Å². The number of aliphatic hydroxyl groups excluding tert-OH is 3. The fourth-order valence-electron chi connectivity index (χ4n) is 3.60. The molecule has 0 amide bonds. The third kappa shape index (κ3) is 4.28. The highest BCUT2D eigenvalue weighted by atomic mass is 32.3. The van der Waals surface area contributed by atoms with Crippen molar-refractivity contribution < 1.29 is 56.2 Å². The van der Waals surface area contributed by atoms with E-state index < -0.39 is 78.2 Å². The fraction of sp³-hybridized carbons (Fsp3) is 1.00. The van der Waals surface area contributed by atoms with E-state index in [4.69, 9.17) is 28.2 Å². The summed E-state index contributed by atoms with van der Waals surface area (Å²) in [6.45, 7) is 0.957. The quantitative estimate of drug-likeness (QED) is 0.334. The van der Waals surface area contributed by atoms with Gasteiger partial charge in [0.1, 0.15) is 42.7 Å². The molecule has 10 atom stereocenters. The Kier molecular flexibility index (Phi) is 6.39. The molecule has 3 saturated heterocycles. The summed E-state index contributed by atoms with van der Waals surface area (Å²) in [5.41, 5.74) is 0. The number of ether oxygens (including phenoxy) is 5. The van der Waals surface area contributed by atoms with Crippen molar-refractivity contribution in [3.05, 3.63) is 0 Å². The third-order valence-electron chi connectivity index (χ3n) is 5.01. The fourth-order valence-corrected chi connectivity index (χ4v) is 4.18. The van der Waals surface area contributed by atoms with E-state index in [0.717, 1.165) is 0 Å². The lowest BCUT2D eigenvalue weighted by atomic mass is 9.90. The van der Waals surface area contributed by atoms with E-state index in [9.17, 15) is 23.7 Å². The summed E-state index contributed by atoms with van der Waals surface area (Å²) in [7, 11) is -3.44. The molecule has 27 heavy (non-hydrogen) atoms. The van der Waals surface area contributed by atoms with Crippen molar-refractivity contribution in [3.8, 4) is 0 Å². The summed E-state index contributed by atoms with van der Waals surface area (Å²) < 4.78 is 62.7. The zero-order chi connectivity index (χ0) is 19.9. The van der Waals surface area contributed by atoms with Crippen LogP contribution in [-0.4, -0.2) is 104 Å². The lowest BCUT2D eigenvalue weighted by molar-refractivity contribution is -0.329. The van der Waals surface area contributed by atoms with Crippen LogP contribution in [0.2, 0.25) is 0 Å². The Labute approximate surface area is 155 Å². The highest BCUT2D eigenvalue weighted by molar-refractivity contribution is 7.80. The normalized spacial score (nSPS) is 47.9. The van der Waals surface area contributed by atoms with Gasteiger partial charge in [0.05, 0.1) is 13.2 Å². The Morgan fingerprint density at radius 3 is 2.41 bits per heavy atom. The summed E-state index contributed by atoms with van der Waals surface area (Å²) in [4.78, 5) is 0. The molecule has 4 unspecified atom stereocenters. The van der Waals surface area contributed by atoms with Gasteiger partial charge in [-0.2, -0.15) is 8.42 Å². The minimum atomic E-state index is -4.82. The molecule has 2 bridgehead atoms. The van der Waals surface area contributed by atoms with Crippen molar-refractivity contribution in [1.82, 2.24) is 0 Å². The Hall–Kier alpha value is -0.450. The van der Waals surface area contributed by atoms with Gasteiger partial charge < -0.3 is 39.0 Å². The standard InChI is InChI=1S/C14H24O12S/c1-5-8(16)14(23-6(3-15)10(5)26-27(18,19)20)25-11-7-4-22-12(11)9(17)13(21-2)24-7/h5-17H,3-4H2,1-2H3,(H,18,19,20)/t5-,6?,7?,8?,9+,10-,11+,12?,13+,14+/m1/s1. The lowest BCUT2D eigenvalue weighted by Gasteiger charge is -2.44. The molecule has 0 aromatic rings. The second kappa shape index (κ2) is 8.12. The van der Waals surface area contributed by atoms with Gasteiger partial charge in [0.25, 0.3) is 0 Å². The molecule has 3 rings (SSSR count). The van der Waals surface area contributed by atoms with Crippen LogP contribution in [0.25, 0.3) is 0 Å². The first kappa shape index (κ1) is 21.3. The molecule has 3 aliphatic heterocycles. The summed E-state index contributed by atoms with van der Waals surface area (Å²) in [5.74, 6) is -0.873. The Balaban J connectivity index is 1.71. The topological polar surface area (TPSA) is 170 Å². The van der Waals surface area contributed by atoms with Gasteiger partial charge >= 0.3 is 10.4 Å². The van der Waals surface area contributed by atoms with Gasteiger partial charge in [0, 0.05) is 13.0 Å². The minimum absolute atomic E-state index is 0.141. The predicted octanol–water partition coefficient (Wildman–Crippen LogP) is -2.60. The van der Waals surface area contributed by atoms with Crippen LogP contribution in [0.4, 0.5) is 0 Å². The maximum absolute atomic E-state index is 11.0. The molecule has 0 aliphatic carbocycles. The number of aliphatic hydroxyl groups is 3. The molecule has 12 nitrogen and oxygen atoms in total. The molecule has 0 aromatic heterocycles. The Morgan fingerprint density at radius 1 is 1.11 bits per heavy atom. The first-order valence-corrected chi connectivity index (χ1v) is 9.76. The molecular formula is C14H24O12S. The Morgan fingerprint density at radius 2 is 1.81 bits per heavy atom. The van der Waals surface area contributed by atoms with Gasteiger partial charge in [-0.25, -0.2) is 4.18 Å². The second-order valence-electron chi connectivity index (χ2n) is 6.73. The molecular weight excluding hydrogens is 392 g/mol. The number of hydrogen-bond donors (Lipinski definition) is 4. The van der Waals surface area contributed by atoms with Crippen molar-refractivity contribution in [2.75, 3.05) is 20.3 Å². The van der Waals surface area contributed by atoms with Gasteiger partial charge in [-0.3, -0.25) is 4.55 Å². The van der Waals surface area contributed by atoms with Crippen LogP contribution >= 0.6 is 0 Å². The van der Waals surface area contributed by atoms with Gasteiger partial charge in [-0.15, -0.1) is 0 Å². The number of methoxy groups -OCH3 is 1. The van der Waals surface area contributed by atoms with E-state index >= 15 is 0 Å². The highest BCUT2D eigenvalue weighted by Crippen LogP contribution is 2.36. The average molecular weight is 416 g/mol. The van der Waals surface area contributed by atoms with Crippen molar-refractivity contribution in [3.63, 3.8) is 0 Å². The predicted molar refractivity (Wildman–Crippen MR) is 83.6 cm³/mol. The van der Waals surface area contributed by atoms with E-state index in [1.807, 2.05) is 0 Å². The zero-order valence-corrected chi connectivity index (χ0v) is 15.5. The lowest BCUT2D eigenvalue weighted by Crippen LogP contribution is -2.60. The van der Waals surface area contributed by atoms with Gasteiger partial charge in [-0.1, -0.05) is 6.92 Å². The molecule has 0 saturated carbocycles. The summed E-state index contributed by atoms with van der Waals surface area (Å²) in [6, 6.07) is 0. The zero-order valence-electron chi connectivity index (χ0n) is 14.7. The average Bonchev–Trinajstić information content (AvgIpc) is 2.91. The van der Waals surface area contributed by atoms with Crippen LogP contribution in [0.3, 0.4) is 0 Å². The van der Waals surface area contributed by atoms with Crippen LogP contribution in [0.5, 0.6) is 0 Å². The summed E-state index contributed by atoms with van der Waals surface area (Å²) in [5, 5.41) is 30.2. The Bertz CT molecular complexity index is 611. The molecule has 158 valence electrons. The molecule has 13 heteroatoms. The van der Waals surface area contributed by atoms with E-state index in [1.54, 1.807) is 0 Å². The second-order valence-corrected chi connectivity index (χ2v) is 7.78. The number of rotatable bonds is 6. The van der Waals surface area contributed by atoms with Gasteiger partial charge in [0.15, 0.2) is 12.6 Å². The molecule has 0 radical (unpaired) electrons. The molecule has 0 spiro atoms. The summed E-state index contributed by atoms with van der Waals surface area (Å²) in [6.07, 6.45) is -9.27. The maximum atomic E-state index is 11.0. The van der Waals surface area contributed by atoms with E-state index in [0.29, 0.717) is 0 Å². The van der Waals surface area contributed by atoms with Crippen molar-refractivity contribution in [1.29, 1.82) is 0 Å². The van der Waals surface area contributed by atoms with Crippen LogP contribution in [0.1, 0.15) is 6.92 Å². The van der Waals surface area contributed by atoms with Crippen LogP contribution < -0.4 is 0 Å². The largest absolute Gasteiger partial charge is 0.397 e. The van der Waals surface area contributed by atoms with E-state index in [2.05, 4.69) is 4.18 Å². The van der Waals surface area contributed by atoms with E-state index in [-0.39, 0.29) is 6.61 Å². The highest BCUT2D eigenvalue weighted by Gasteiger charge is 2.55. The van der Waals surface area contributed by atoms with Crippen LogP contribution in [-0.2, 0) is 38.3 Å². The third-order valence-corrected chi connectivity index (χ3v) is 5.48. The number of hydrogen-bond acceptors (Lipinski definition) is 11. The smallest absolute Gasteiger partial charge is 0.394 e. The molecule has 3 heterocycles. The van der Waals surface area contributed by atoms with Gasteiger partial charge in [0.2, 0.25) is 0 Å². The van der Waals surface area contributed by atoms with Crippen molar-refractivity contribution in [2.24, 2.45) is 5.92 Å². The number of fused-ring (bicyclic) bond motifs is 2. The van der Waals surface area contributed by atoms with Gasteiger partial charge in [-0.05, 0) is 0 Å². The monoisotopic (exact) mass is 416 g/mol. The maximum Gasteiger partial charge on any atom is 0.397 e. The van der Waals surface area contributed by atoms with Crippen molar-refractivity contribution >= 4 is 10.4 Å². The van der Waals surface area contributed by atoms with Crippen molar-refractivity contribution in [2.45, 2.75) is 62.2 Å². The molecule has 0 aromatic carbocycles. The molecule has 3 fully saturated rings. The minimum Gasteiger partial charge on any atom is -0.394 e. The molecule has 3 aliphatic rings. The first-order chi connectivity index (χ1) is 12.7. The molecule has 4 N–H and O–H groups in total. The van der Waals surface area contributed by atoms with Crippen LogP contribution in [0, 0.1) is 5.92 Å². The summed E-state index contributed by atoms with van der Waals surface area (Å²) >= 11 is 0.